The first-order valence-electron chi connectivity index (χ1n) is 10.3. The number of nitro groups is 1. The van der Waals surface area contributed by atoms with Crippen molar-refractivity contribution in [1.29, 1.82) is 0 Å². The molecule has 0 saturated heterocycles. The molecule has 0 unspecified atom stereocenters. The molecule has 32 heavy (non-hydrogen) atoms. The minimum Gasteiger partial charge on any atom is -0.294 e. The second kappa shape index (κ2) is 11.3. The number of carbonyl (C=O) groups excluding carboxylic acids is 2. The van der Waals surface area contributed by atoms with Crippen LogP contribution in [0.2, 0.25) is 0 Å². The van der Waals surface area contributed by atoms with Gasteiger partial charge in [-0.25, -0.2) is 0 Å². The molecule has 0 aliphatic rings. The van der Waals surface area contributed by atoms with Crippen molar-refractivity contribution >= 4 is 23.7 Å². The molecule has 0 radical (unpaired) electrons. The second-order valence-corrected chi connectivity index (χ2v) is 7.30. The number of ketones is 2. The van der Waals surface area contributed by atoms with E-state index in [1.54, 1.807) is 42.5 Å². The molecule has 0 N–H and O–H groups in total. The molecule has 0 aromatic heterocycles. The van der Waals surface area contributed by atoms with E-state index in [2.05, 4.69) is 0 Å². The van der Waals surface area contributed by atoms with Gasteiger partial charge in [-0.05, 0) is 28.8 Å². The standard InChI is InChI=1S/C27H23NO4/c29-25(18-16-21-10-4-1-5-11-21)27(26(30)19-17-22-12-6-2-7-13-22)24(20-28(31)32)23-14-8-3-9-15-23/h1-19,24,27H,20H2/b18-16+,19-17+/t24-/m1/s1. The Bertz CT molecular complexity index is 1040. The van der Waals surface area contributed by atoms with Crippen molar-refractivity contribution in [2.45, 2.75) is 5.92 Å². The lowest BCUT2D eigenvalue weighted by Crippen LogP contribution is -2.32. The van der Waals surface area contributed by atoms with Crippen LogP contribution >= 0.6 is 0 Å². The Morgan fingerprint density at radius 1 is 0.719 bits per heavy atom. The molecule has 5 nitrogen and oxygen atoms in total. The lowest BCUT2D eigenvalue weighted by atomic mass is 9.80. The molecule has 0 heterocycles. The van der Waals surface area contributed by atoms with Crippen LogP contribution in [0.5, 0.6) is 0 Å². The highest BCUT2D eigenvalue weighted by molar-refractivity contribution is 6.14. The normalized spacial score (nSPS) is 12.3. The Labute approximate surface area is 186 Å². The van der Waals surface area contributed by atoms with Crippen LogP contribution in [0.25, 0.3) is 12.2 Å². The van der Waals surface area contributed by atoms with Crippen LogP contribution in [0.3, 0.4) is 0 Å². The largest absolute Gasteiger partial charge is 0.294 e. The molecule has 0 saturated carbocycles. The quantitative estimate of drug-likeness (QED) is 0.193. The van der Waals surface area contributed by atoms with E-state index in [1.165, 1.54) is 12.2 Å². The van der Waals surface area contributed by atoms with Crippen molar-refractivity contribution in [3.05, 3.63) is 130 Å². The highest BCUT2D eigenvalue weighted by atomic mass is 16.6. The van der Waals surface area contributed by atoms with Gasteiger partial charge in [0.1, 0.15) is 0 Å². The SMILES string of the molecule is O=C(/C=C/c1ccccc1)C(C(=O)/C=C/c1ccccc1)[C@H](C[N+](=O)[O-])c1ccccc1. The summed E-state index contributed by atoms with van der Waals surface area (Å²) in [6, 6.07) is 27.1. The maximum atomic E-state index is 13.2. The number of nitrogens with zero attached hydrogens (tertiary/aromatic N) is 1. The van der Waals surface area contributed by atoms with Crippen molar-refractivity contribution in [2.75, 3.05) is 6.54 Å². The molecule has 3 rings (SSSR count). The van der Waals surface area contributed by atoms with E-state index in [-0.39, 0.29) is 0 Å². The monoisotopic (exact) mass is 425 g/mol. The Morgan fingerprint density at radius 3 is 1.53 bits per heavy atom. The van der Waals surface area contributed by atoms with E-state index in [0.29, 0.717) is 5.56 Å². The molecule has 3 aromatic rings. The number of allylic oxidation sites excluding steroid dienone is 2. The fourth-order valence-corrected chi connectivity index (χ4v) is 3.49. The maximum absolute atomic E-state index is 13.2. The predicted molar refractivity (Wildman–Crippen MR) is 126 cm³/mol. The zero-order chi connectivity index (χ0) is 22.8. The summed E-state index contributed by atoms with van der Waals surface area (Å²) < 4.78 is 0. The zero-order valence-electron chi connectivity index (χ0n) is 17.4. The fourth-order valence-electron chi connectivity index (χ4n) is 3.49. The Kier molecular flexibility index (Phi) is 7.98. The number of carbonyl (C=O) groups is 2. The van der Waals surface area contributed by atoms with Crippen molar-refractivity contribution in [3.63, 3.8) is 0 Å². The van der Waals surface area contributed by atoms with Crippen LogP contribution in [0.1, 0.15) is 22.6 Å². The summed E-state index contributed by atoms with van der Waals surface area (Å²) in [6.07, 6.45) is 5.92. The van der Waals surface area contributed by atoms with E-state index in [9.17, 15) is 19.7 Å². The van der Waals surface area contributed by atoms with Crippen LogP contribution in [0, 0.1) is 16.0 Å². The third kappa shape index (κ3) is 6.44. The molecule has 0 fully saturated rings. The van der Waals surface area contributed by atoms with E-state index in [1.807, 2.05) is 60.7 Å². The number of benzene rings is 3. The molecule has 0 aliphatic heterocycles. The molecule has 0 bridgehead atoms. The van der Waals surface area contributed by atoms with Gasteiger partial charge in [0.2, 0.25) is 6.54 Å². The van der Waals surface area contributed by atoms with Gasteiger partial charge in [0, 0.05) is 4.92 Å². The predicted octanol–water partition coefficient (Wildman–Crippen LogP) is 5.23. The molecule has 3 aromatic carbocycles. The van der Waals surface area contributed by atoms with Crippen LogP contribution < -0.4 is 0 Å². The van der Waals surface area contributed by atoms with Gasteiger partial charge in [-0.2, -0.15) is 0 Å². The van der Waals surface area contributed by atoms with Crippen molar-refractivity contribution in [1.82, 2.24) is 0 Å². The van der Waals surface area contributed by atoms with Gasteiger partial charge in [0.25, 0.3) is 0 Å². The third-order valence-electron chi connectivity index (χ3n) is 5.07. The van der Waals surface area contributed by atoms with Gasteiger partial charge in [0.15, 0.2) is 11.6 Å². The third-order valence-corrected chi connectivity index (χ3v) is 5.07. The molecular formula is C27H23NO4. The first kappa shape index (κ1) is 22.6. The lowest BCUT2D eigenvalue weighted by Gasteiger charge is -2.20. The molecule has 1 atom stereocenters. The van der Waals surface area contributed by atoms with E-state index in [0.717, 1.165) is 11.1 Å². The topological polar surface area (TPSA) is 77.3 Å². The summed E-state index contributed by atoms with van der Waals surface area (Å²) in [7, 11) is 0. The summed E-state index contributed by atoms with van der Waals surface area (Å²) >= 11 is 0. The van der Waals surface area contributed by atoms with Crippen molar-refractivity contribution in [2.24, 2.45) is 5.92 Å². The Hall–Kier alpha value is -4.12. The van der Waals surface area contributed by atoms with Gasteiger partial charge in [-0.1, -0.05) is 103 Å². The zero-order valence-corrected chi connectivity index (χ0v) is 17.4. The van der Waals surface area contributed by atoms with E-state index in [4.69, 9.17) is 0 Å². The number of hydrogen-bond donors (Lipinski definition) is 0. The summed E-state index contributed by atoms with van der Waals surface area (Å²) in [5.41, 5.74) is 2.19. The summed E-state index contributed by atoms with van der Waals surface area (Å²) in [5, 5.41) is 11.4. The van der Waals surface area contributed by atoms with Crippen molar-refractivity contribution in [3.8, 4) is 0 Å². The smallest absolute Gasteiger partial charge is 0.211 e. The molecule has 0 amide bonds. The van der Waals surface area contributed by atoms with Crippen LogP contribution in [0.15, 0.2) is 103 Å². The molecule has 5 heteroatoms. The average Bonchev–Trinajstić information content (AvgIpc) is 2.82. The summed E-state index contributed by atoms with van der Waals surface area (Å²) in [5.74, 6) is -3.02. The van der Waals surface area contributed by atoms with Crippen molar-refractivity contribution < 1.29 is 14.5 Å². The highest BCUT2D eigenvalue weighted by Crippen LogP contribution is 2.28. The first-order chi connectivity index (χ1) is 15.5. The van der Waals surface area contributed by atoms with Gasteiger partial charge >= 0.3 is 0 Å². The molecular weight excluding hydrogens is 402 g/mol. The molecule has 160 valence electrons. The van der Waals surface area contributed by atoms with Crippen LogP contribution in [0.4, 0.5) is 0 Å². The van der Waals surface area contributed by atoms with Gasteiger partial charge < -0.3 is 0 Å². The number of hydrogen-bond acceptors (Lipinski definition) is 4. The average molecular weight is 425 g/mol. The van der Waals surface area contributed by atoms with Gasteiger partial charge in [-0.15, -0.1) is 0 Å². The van der Waals surface area contributed by atoms with E-state index >= 15 is 0 Å². The van der Waals surface area contributed by atoms with E-state index < -0.39 is 34.9 Å². The Morgan fingerprint density at radius 2 is 1.12 bits per heavy atom. The minimum atomic E-state index is -1.21. The summed E-state index contributed by atoms with van der Waals surface area (Å²) in [6.45, 7) is -0.523. The lowest BCUT2D eigenvalue weighted by molar-refractivity contribution is -0.484. The highest BCUT2D eigenvalue weighted by Gasteiger charge is 2.36. The van der Waals surface area contributed by atoms with Gasteiger partial charge in [-0.3, -0.25) is 19.7 Å². The fraction of sp³-hybridized carbons (Fsp3) is 0.111. The van der Waals surface area contributed by atoms with Gasteiger partial charge in [0.05, 0.1) is 11.8 Å². The maximum Gasteiger partial charge on any atom is 0.211 e. The molecule has 0 spiro atoms. The second-order valence-electron chi connectivity index (χ2n) is 7.30. The Balaban J connectivity index is 1.97. The first-order valence-corrected chi connectivity index (χ1v) is 10.3. The van der Waals surface area contributed by atoms with Crippen LogP contribution in [-0.2, 0) is 9.59 Å². The molecule has 0 aliphatic carbocycles. The number of rotatable bonds is 10. The summed E-state index contributed by atoms with van der Waals surface area (Å²) in [4.78, 5) is 37.4. The minimum absolute atomic E-state index is 0.465. The van der Waals surface area contributed by atoms with Crippen LogP contribution in [-0.4, -0.2) is 23.0 Å².